The molecule has 0 saturated carbocycles. The number of hydrogen-bond acceptors (Lipinski definition) is 4. The van der Waals surface area contributed by atoms with Crippen LogP contribution in [0.2, 0.25) is 0 Å². The molecule has 0 aliphatic heterocycles. The molecule has 1 amide bonds. The Morgan fingerprint density at radius 2 is 1.88 bits per heavy atom. The average Bonchev–Trinajstić information content (AvgIpc) is 2.59. The summed E-state index contributed by atoms with van der Waals surface area (Å²) in [5.41, 5.74) is 2.92. The largest absolute Gasteiger partial charge is 0.452 e. The Bertz CT molecular complexity index is 784. The van der Waals surface area contributed by atoms with Crippen LogP contribution in [0.3, 0.4) is 0 Å². The molecule has 1 aromatic carbocycles. The van der Waals surface area contributed by atoms with Gasteiger partial charge < -0.3 is 10.1 Å². The van der Waals surface area contributed by atoms with Crippen molar-refractivity contribution in [3.8, 4) is 0 Å². The number of hydrogen-bond donors (Lipinski definition) is 1. The highest BCUT2D eigenvalue weighted by Gasteiger charge is 2.20. The first kappa shape index (κ1) is 18.9. The van der Waals surface area contributed by atoms with Crippen molar-refractivity contribution in [1.29, 1.82) is 0 Å². The second-order valence-electron chi connectivity index (χ2n) is 6.61. The van der Waals surface area contributed by atoms with E-state index in [-0.39, 0.29) is 18.6 Å². The van der Waals surface area contributed by atoms with Crippen molar-refractivity contribution < 1.29 is 14.3 Å². The number of para-hydroxylation sites is 1. The number of aromatic nitrogens is 1. The van der Waals surface area contributed by atoms with Gasteiger partial charge in [0.2, 0.25) is 0 Å². The third kappa shape index (κ3) is 4.35. The minimum atomic E-state index is -0.488. The third-order valence-electron chi connectivity index (χ3n) is 4.50. The van der Waals surface area contributed by atoms with Crippen molar-refractivity contribution in [2.75, 3.05) is 6.61 Å². The lowest BCUT2D eigenvalue weighted by Crippen LogP contribution is -2.38. The summed E-state index contributed by atoms with van der Waals surface area (Å²) < 4.78 is 5.28. The number of nitrogens with one attached hydrogen (secondary N) is 1. The zero-order chi connectivity index (χ0) is 18.6. The summed E-state index contributed by atoms with van der Waals surface area (Å²) in [6, 6.07) is 7.51. The Morgan fingerprint density at radius 3 is 2.52 bits per heavy atom. The van der Waals surface area contributed by atoms with Gasteiger partial charge in [0.25, 0.3) is 5.91 Å². The van der Waals surface area contributed by atoms with Gasteiger partial charge in [-0.3, -0.25) is 9.78 Å². The van der Waals surface area contributed by atoms with E-state index >= 15 is 0 Å². The summed E-state index contributed by atoms with van der Waals surface area (Å²) >= 11 is 0. The van der Waals surface area contributed by atoms with Crippen LogP contribution in [-0.2, 0) is 16.0 Å². The molecule has 25 heavy (non-hydrogen) atoms. The van der Waals surface area contributed by atoms with Gasteiger partial charge in [0.1, 0.15) is 0 Å². The minimum absolute atomic E-state index is 0.0291. The van der Waals surface area contributed by atoms with E-state index in [9.17, 15) is 9.59 Å². The van der Waals surface area contributed by atoms with Crippen LogP contribution in [0.4, 0.5) is 0 Å². The minimum Gasteiger partial charge on any atom is -0.452 e. The fraction of sp³-hybridized carbons (Fsp3) is 0.450. The van der Waals surface area contributed by atoms with E-state index in [1.165, 1.54) is 0 Å². The Morgan fingerprint density at radius 1 is 1.20 bits per heavy atom. The fourth-order valence-corrected chi connectivity index (χ4v) is 2.63. The van der Waals surface area contributed by atoms with Crippen molar-refractivity contribution in [1.82, 2.24) is 10.3 Å². The molecule has 1 heterocycles. The zero-order valence-corrected chi connectivity index (χ0v) is 15.6. The molecule has 0 unspecified atom stereocenters. The molecule has 0 bridgehead atoms. The number of esters is 1. The molecule has 0 fully saturated rings. The molecule has 0 saturated heterocycles. The van der Waals surface area contributed by atoms with E-state index in [1.807, 2.05) is 58.9 Å². The summed E-state index contributed by atoms with van der Waals surface area (Å²) in [5, 5.41) is 3.58. The number of amides is 1. The van der Waals surface area contributed by atoms with E-state index in [0.29, 0.717) is 11.5 Å². The van der Waals surface area contributed by atoms with Crippen molar-refractivity contribution in [2.24, 2.45) is 5.92 Å². The van der Waals surface area contributed by atoms with Gasteiger partial charge in [-0.2, -0.15) is 0 Å². The second-order valence-corrected chi connectivity index (χ2v) is 6.61. The number of pyridine rings is 1. The standard InChI is InChI=1S/C20H26N2O3/c1-6-16-13(4)19(15-9-7-8-10-17(15)22-16)20(24)25-11-18(23)21-14(5)12(2)3/h7-10,12,14H,6,11H2,1-5H3,(H,21,23)/t14-/m0/s1. The van der Waals surface area contributed by atoms with Crippen LogP contribution in [-0.4, -0.2) is 29.5 Å². The molecule has 0 radical (unpaired) electrons. The molecule has 0 aliphatic carbocycles. The number of ether oxygens (including phenoxy) is 1. The molecule has 2 aromatic rings. The molecule has 1 N–H and O–H groups in total. The Hall–Kier alpha value is -2.43. The van der Waals surface area contributed by atoms with Crippen LogP contribution in [0.5, 0.6) is 0 Å². The van der Waals surface area contributed by atoms with Gasteiger partial charge in [0.05, 0.1) is 11.1 Å². The molecule has 0 spiro atoms. The van der Waals surface area contributed by atoms with Crippen LogP contribution in [0, 0.1) is 12.8 Å². The highest BCUT2D eigenvalue weighted by molar-refractivity contribution is 6.05. The van der Waals surface area contributed by atoms with E-state index in [1.54, 1.807) is 0 Å². The zero-order valence-electron chi connectivity index (χ0n) is 15.6. The lowest BCUT2D eigenvalue weighted by atomic mass is 10.0. The van der Waals surface area contributed by atoms with Gasteiger partial charge >= 0.3 is 5.97 Å². The van der Waals surface area contributed by atoms with Crippen molar-refractivity contribution in [2.45, 2.75) is 47.1 Å². The average molecular weight is 342 g/mol. The van der Waals surface area contributed by atoms with Gasteiger partial charge in [-0.25, -0.2) is 4.79 Å². The Kier molecular flexibility index (Phi) is 6.12. The molecule has 134 valence electrons. The van der Waals surface area contributed by atoms with Gasteiger partial charge in [-0.15, -0.1) is 0 Å². The Balaban J connectivity index is 2.22. The van der Waals surface area contributed by atoms with E-state index < -0.39 is 5.97 Å². The molecule has 2 rings (SSSR count). The predicted octanol–water partition coefficient (Wildman–Crippen LogP) is 3.42. The molecular formula is C20H26N2O3. The number of nitrogens with zero attached hydrogens (tertiary/aromatic N) is 1. The van der Waals surface area contributed by atoms with E-state index in [2.05, 4.69) is 10.3 Å². The topological polar surface area (TPSA) is 68.3 Å². The molecule has 5 heteroatoms. The van der Waals surface area contributed by atoms with Crippen molar-refractivity contribution in [3.05, 3.63) is 41.1 Å². The smallest absolute Gasteiger partial charge is 0.339 e. The first-order valence-electron chi connectivity index (χ1n) is 8.69. The summed E-state index contributed by atoms with van der Waals surface area (Å²) in [7, 11) is 0. The van der Waals surface area contributed by atoms with Gasteiger partial charge in [-0.05, 0) is 37.8 Å². The molecular weight excluding hydrogens is 316 g/mol. The van der Waals surface area contributed by atoms with Crippen LogP contribution in [0.15, 0.2) is 24.3 Å². The number of fused-ring (bicyclic) bond motifs is 1. The van der Waals surface area contributed by atoms with E-state index in [0.717, 1.165) is 28.6 Å². The maximum atomic E-state index is 12.6. The maximum absolute atomic E-state index is 12.6. The molecule has 5 nitrogen and oxygen atoms in total. The molecule has 1 atom stereocenters. The SMILES string of the molecule is CCc1nc2ccccc2c(C(=O)OCC(=O)N[C@@H](C)C(C)C)c1C. The monoisotopic (exact) mass is 342 g/mol. The van der Waals surface area contributed by atoms with E-state index in [4.69, 9.17) is 4.74 Å². The lowest BCUT2D eigenvalue weighted by molar-refractivity contribution is -0.125. The number of carbonyl (C=O) groups is 2. The fourth-order valence-electron chi connectivity index (χ4n) is 2.63. The van der Waals surface area contributed by atoms with Crippen LogP contribution >= 0.6 is 0 Å². The van der Waals surface area contributed by atoms with Gasteiger partial charge in [-0.1, -0.05) is 39.0 Å². The van der Waals surface area contributed by atoms with Gasteiger partial charge in [0.15, 0.2) is 6.61 Å². The lowest BCUT2D eigenvalue weighted by Gasteiger charge is -2.17. The first-order valence-corrected chi connectivity index (χ1v) is 8.69. The third-order valence-corrected chi connectivity index (χ3v) is 4.50. The summed E-state index contributed by atoms with van der Waals surface area (Å²) in [4.78, 5) is 29.2. The van der Waals surface area contributed by atoms with Crippen molar-refractivity contribution in [3.63, 3.8) is 0 Å². The maximum Gasteiger partial charge on any atom is 0.339 e. The summed E-state index contributed by atoms with van der Waals surface area (Å²) in [5.74, 6) is -0.461. The first-order chi connectivity index (χ1) is 11.8. The Labute approximate surface area is 148 Å². The number of aryl methyl sites for hydroxylation is 1. The normalized spacial score (nSPS) is 12.2. The summed E-state index contributed by atoms with van der Waals surface area (Å²) in [6.07, 6.45) is 0.726. The highest BCUT2D eigenvalue weighted by Crippen LogP contribution is 2.24. The number of carbonyl (C=O) groups excluding carboxylic acids is 2. The van der Waals surface area contributed by atoms with Crippen LogP contribution in [0.1, 0.15) is 49.3 Å². The molecule has 1 aromatic heterocycles. The summed E-state index contributed by atoms with van der Waals surface area (Å²) in [6.45, 7) is 9.56. The highest BCUT2D eigenvalue weighted by atomic mass is 16.5. The van der Waals surface area contributed by atoms with Gasteiger partial charge in [0, 0.05) is 17.1 Å². The predicted molar refractivity (Wildman–Crippen MR) is 98.6 cm³/mol. The molecule has 0 aliphatic rings. The number of benzene rings is 1. The quantitative estimate of drug-likeness (QED) is 0.817. The van der Waals surface area contributed by atoms with Crippen LogP contribution < -0.4 is 5.32 Å². The van der Waals surface area contributed by atoms with Crippen LogP contribution in [0.25, 0.3) is 10.9 Å². The second kappa shape index (κ2) is 8.10. The number of rotatable bonds is 6. The van der Waals surface area contributed by atoms with Crippen molar-refractivity contribution >= 4 is 22.8 Å².